The molecule has 0 amide bonds. The Morgan fingerprint density at radius 1 is 0.536 bits per heavy atom. The van der Waals surface area contributed by atoms with Crippen LogP contribution >= 0.6 is 0 Å². The van der Waals surface area contributed by atoms with Gasteiger partial charge in [-0.25, -0.2) is 25.3 Å². The molecule has 6 aromatic rings. The summed E-state index contributed by atoms with van der Waals surface area (Å²) in [5.41, 5.74) is -0.212. The van der Waals surface area contributed by atoms with Gasteiger partial charge in [0.05, 0.1) is 37.4 Å². The molecule has 275 valence electrons. The predicted molar refractivity (Wildman–Crippen MR) is 180 cm³/mol. The maximum absolute atomic E-state index is 13.4. The van der Waals surface area contributed by atoms with Crippen LogP contribution in [-0.2, 0) is 47.4 Å². The molecule has 0 aromatic heterocycles. The summed E-state index contributed by atoms with van der Waals surface area (Å²) >= 11 is 0. The number of para-hydroxylation sites is 1. The quantitative estimate of drug-likeness (QED) is 0.0850. The zero-order valence-corrected chi connectivity index (χ0v) is 42.3. The first-order chi connectivity index (χ1) is 24.4. The van der Waals surface area contributed by atoms with E-state index in [9.17, 15) is 49.1 Å². The third-order valence-corrected chi connectivity index (χ3v) is 10.2. The van der Waals surface area contributed by atoms with E-state index < -0.39 is 67.6 Å². The van der Waals surface area contributed by atoms with E-state index in [0.717, 1.165) is 48.2 Å². The van der Waals surface area contributed by atoms with Crippen molar-refractivity contribution in [3.8, 4) is 11.5 Å². The van der Waals surface area contributed by atoms with Crippen LogP contribution in [0.2, 0.25) is 0 Å². The van der Waals surface area contributed by atoms with Crippen LogP contribution in [0.25, 0.3) is 21.5 Å². The molecule has 0 aliphatic heterocycles. The number of anilines is 2. The zero-order valence-electron chi connectivity index (χ0n) is 29.5. The van der Waals surface area contributed by atoms with Gasteiger partial charge in [-0.3, -0.25) is 0 Å². The van der Waals surface area contributed by atoms with Gasteiger partial charge in [0.15, 0.2) is 0 Å². The van der Waals surface area contributed by atoms with E-state index in [4.69, 9.17) is 0 Å². The fourth-order valence-electron chi connectivity index (χ4n) is 5.24. The Balaban J connectivity index is 0.00000271. The number of hydrogen-bond acceptors (Lipinski definition) is 16. The van der Waals surface area contributed by atoms with Crippen LogP contribution in [0.3, 0.4) is 0 Å². The second kappa shape index (κ2) is 20.9. The van der Waals surface area contributed by atoms with Crippen molar-refractivity contribution in [3.05, 3.63) is 103 Å². The molecule has 0 fully saturated rings. The van der Waals surface area contributed by atoms with Crippen molar-refractivity contribution in [2.45, 2.75) is 21.6 Å². The minimum atomic E-state index is -5.24. The van der Waals surface area contributed by atoms with Crippen LogP contribution in [0.5, 0.6) is 11.5 Å². The first-order valence-corrected chi connectivity index (χ1v) is 18.8. The van der Waals surface area contributed by atoms with Crippen LogP contribution < -0.4 is 170 Å². The number of nitrogens with zero attached hydrogens (tertiary/aromatic N) is 4. The van der Waals surface area contributed by atoms with Gasteiger partial charge in [0, 0.05) is 22.1 Å². The summed E-state index contributed by atoms with van der Waals surface area (Å²) in [6, 6.07) is 21.5. The molecule has 6 aromatic carbocycles. The number of azo groups is 2. The van der Waals surface area contributed by atoms with Crippen molar-refractivity contribution < 1.29 is 220 Å². The second-order valence-corrected chi connectivity index (χ2v) is 15.2. The third kappa shape index (κ3) is 12.1. The van der Waals surface area contributed by atoms with Crippen LogP contribution in [0.4, 0.5) is 34.1 Å². The van der Waals surface area contributed by atoms with Gasteiger partial charge in [-0.2, -0.15) is 15.3 Å². The van der Waals surface area contributed by atoms with Crippen molar-refractivity contribution in [3.63, 3.8) is 0 Å². The normalized spacial score (nSPS) is 11.8. The fourth-order valence-corrected chi connectivity index (χ4v) is 7.28. The van der Waals surface area contributed by atoms with Crippen LogP contribution in [0.15, 0.2) is 132 Å². The fraction of sp³-hybridized carbons (Fsp3) is 0.0303. The summed E-state index contributed by atoms with van der Waals surface area (Å²) < 4.78 is 108. The van der Waals surface area contributed by atoms with E-state index >= 15 is 0 Å². The molecule has 0 heterocycles. The molecule has 0 spiro atoms. The number of nitrogens with one attached hydrogen (secondary N) is 1. The standard InChI is InChI=1S/C33H25N5O11S3.Cu.3K/c1-18-12-27(37-35-22-15-25-24(30(16-22)51(44,45)46)8-5-9-29(25)50(41,42)43)28(39)17-26(18)36-38-32-31(52(47,48)49)14-19-13-21(10-11-23(19)33(32)40)34-20-6-3-2-4-7-20;;;;/h2-17,34,39-40H,1H3,(H,41,42,43)(H,44,45,46)(H,47,48,49);;;;/q;+2;3*+1/p-5. The molecule has 0 unspecified atom stereocenters. The summed E-state index contributed by atoms with van der Waals surface area (Å²) in [5.74, 6) is -1.74. The van der Waals surface area contributed by atoms with Crippen LogP contribution in [0.1, 0.15) is 5.56 Å². The van der Waals surface area contributed by atoms with Crippen molar-refractivity contribution in [2.24, 2.45) is 20.5 Å². The summed E-state index contributed by atoms with van der Waals surface area (Å²) in [4.78, 5) is -2.62. The number of rotatable bonds is 9. The van der Waals surface area contributed by atoms with Crippen molar-refractivity contribution in [1.29, 1.82) is 0 Å². The van der Waals surface area contributed by atoms with E-state index in [1.807, 2.05) is 6.07 Å². The monoisotopic (exact) mass is 938 g/mol. The topological polar surface area (TPSA) is 279 Å². The van der Waals surface area contributed by atoms with E-state index in [1.54, 1.807) is 30.3 Å². The smallest absolute Gasteiger partial charge is 0.871 e. The molecule has 0 saturated heterocycles. The maximum atomic E-state index is 13.4. The molecule has 6 rings (SSSR count). The first-order valence-electron chi connectivity index (χ1n) is 14.6. The number of aryl methyl sites for hydroxylation is 1. The Morgan fingerprint density at radius 3 is 1.79 bits per heavy atom. The first kappa shape index (κ1) is 51.7. The SMILES string of the molecule is Cc1cc(N=Nc2cc(S(=O)(=O)[O-])c3cccc(S(=O)(=O)[O-])c3c2)c([O-])cc1N=Nc1c(S(=O)(=O)[O-])cc2cc(Nc3ccccc3)ccc2c1[O-].[Cu+2].[K+].[K+].[K+]. The average Bonchev–Trinajstić information content (AvgIpc) is 3.06. The Kier molecular flexibility index (Phi) is 19.3. The van der Waals surface area contributed by atoms with E-state index in [0.29, 0.717) is 5.69 Å². The molecule has 0 aliphatic carbocycles. The van der Waals surface area contributed by atoms with Crippen molar-refractivity contribution >= 4 is 86.0 Å². The third-order valence-electron chi connectivity index (χ3n) is 7.61. The molecule has 0 atom stereocenters. The van der Waals surface area contributed by atoms with Crippen LogP contribution in [-0.4, -0.2) is 38.9 Å². The largest absolute Gasteiger partial charge is 2.00 e. The molecule has 23 heteroatoms. The molecule has 0 bridgehead atoms. The van der Waals surface area contributed by atoms with Gasteiger partial charge in [0.1, 0.15) is 30.4 Å². The Hall–Kier alpha value is -0.401. The zero-order chi connectivity index (χ0) is 37.6. The molecular weight excluding hydrogens is 919 g/mol. The minimum Gasteiger partial charge on any atom is -0.871 e. The van der Waals surface area contributed by atoms with E-state index in [1.165, 1.54) is 25.1 Å². The summed E-state index contributed by atoms with van der Waals surface area (Å²) in [6.07, 6.45) is 0. The van der Waals surface area contributed by atoms with E-state index in [-0.39, 0.29) is 210 Å². The van der Waals surface area contributed by atoms with Gasteiger partial charge >= 0.3 is 171 Å². The second-order valence-electron chi connectivity index (χ2n) is 11.1. The van der Waals surface area contributed by atoms with Gasteiger partial charge in [0.2, 0.25) is 0 Å². The molecule has 56 heavy (non-hydrogen) atoms. The Bertz CT molecular complexity index is 2850. The van der Waals surface area contributed by atoms with Crippen molar-refractivity contribution in [1.82, 2.24) is 0 Å². The molecule has 0 aliphatic rings. The van der Waals surface area contributed by atoms with Gasteiger partial charge in [-0.1, -0.05) is 47.9 Å². The molecule has 0 saturated carbocycles. The summed E-state index contributed by atoms with van der Waals surface area (Å²) in [5, 5.41) is 44.1. The van der Waals surface area contributed by atoms with E-state index in [2.05, 4.69) is 25.8 Å². The number of hydrogen-bond donors (Lipinski definition) is 1. The molecule has 1 N–H and O–H groups in total. The number of benzene rings is 6. The Morgan fingerprint density at radius 2 is 1.16 bits per heavy atom. The minimum absolute atomic E-state index is 0. The van der Waals surface area contributed by atoms with Crippen molar-refractivity contribution in [2.75, 3.05) is 5.32 Å². The molecule has 1 radical (unpaired) electrons. The summed E-state index contributed by atoms with van der Waals surface area (Å²) in [6.45, 7) is 1.45. The predicted octanol–water partition coefficient (Wildman–Crippen LogP) is -3.26. The van der Waals surface area contributed by atoms with Gasteiger partial charge in [-0.05, 0) is 83.9 Å². The van der Waals surface area contributed by atoms with Gasteiger partial charge < -0.3 is 29.2 Å². The molecular formula is C33H20CuK3N5O11S3. The Labute approximate surface area is 459 Å². The maximum Gasteiger partial charge on any atom is 2.00 e. The van der Waals surface area contributed by atoms with Crippen LogP contribution in [0, 0.1) is 6.92 Å². The van der Waals surface area contributed by atoms with Gasteiger partial charge in [0.25, 0.3) is 0 Å². The average molecular weight is 940 g/mol. The summed E-state index contributed by atoms with van der Waals surface area (Å²) in [7, 11) is -15.6. The number of fused-ring (bicyclic) bond motifs is 2. The molecule has 16 nitrogen and oxygen atoms in total. The van der Waals surface area contributed by atoms with Gasteiger partial charge in [-0.15, -0.1) is 5.11 Å².